The molecule has 0 spiro atoms. The van der Waals surface area contributed by atoms with Crippen LogP contribution >= 0.6 is 12.2 Å². The molecule has 4 rings (SSSR count). The van der Waals surface area contributed by atoms with Crippen molar-refractivity contribution < 1.29 is 19.0 Å². The van der Waals surface area contributed by atoms with Gasteiger partial charge in [-0.15, -0.1) is 0 Å². The van der Waals surface area contributed by atoms with E-state index in [1.54, 1.807) is 0 Å². The number of benzene rings is 2. The van der Waals surface area contributed by atoms with Gasteiger partial charge in [0.25, 0.3) is 0 Å². The zero-order valence-corrected chi connectivity index (χ0v) is 19.1. The van der Waals surface area contributed by atoms with Gasteiger partial charge in [-0.25, -0.2) is 4.79 Å². The number of carbonyl (C=O) groups excluding carboxylic acids is 1. The number of piperidine rings is 1. The second kappa shape index (κ2) is 10.5. The predicted octanol–water partition coefficient (Wildman–Crippen LogP) is 4.15. The Labute approximate surface area is 194 Å². The van der Waals surface area contributed by atoms with E-state index in [1.807, 2.05) is 66.4 Å². The Morgan fingerprint density at radius 3 is 2.56 bits per heavy atom. The maximum absolute atomic E-state index is 12.4. The normalized spacial score (nSPS) is 18.9. The molecule has 2 aromatic rings. The Bertz CT molecular complexity index is 918. The Morgan fingerprint density at radius 1 is 1.09 bits per heavy atom. The third-order valence-electron chi connectivity index (χ3n) is 5.70. The highest BCUT2D eigenvalue weighted by Crippen LogP contribution is 2.26. The van der Waals surface area contributed by atoms with Crippen molar-refractivity contribution in [3.63, 3.8) is 0 Å². The van der Waals surface area contributed by atoms with E-state index in [0.29, 0.717) is 24.9 Å². The summed E-state index contributed by atoms with van der Waals surface area (Å²) >= 11 is 5.63. The van der Waals surface area contributed by atoms with Crippen LogP contribution in [0.15, 0.2) is 54.6 Å². The number of amides is 1. The van der Waals surface area contributed by atoms with Gasteiger partial charge in [-0.05, 0) is 56.2 Å². The first-order valence-electron chi connectivity index (χ1n) is 11.1. The van der Waals surface area contributed by atoms with Crippen LogP contribution in [-0.2, 0) is 4.74 Å². The van der Waals surface area contributed by atoms with Gasteiger partial charge in [0.1, 0.15) is 18.1 Å². The fourth-order valence-corrected chi connectivity index (χ4v) is 4.35. The SMILES string of the molecule is CCOc1ccccc1NC(=S)N1CCC(N2CC(COc3ccccc3)OC2=O)CC1. The molecule has 2 fully saturated rings. The Kier molecular flexibility index (Phi) is 7.32. The summed E-state index contributed by atoms with van der Waals surface area (Å²) in [7, 11) is 0. The number of para-hydroxylation sites is 3. The number of carbonyl (C=O) groups is 1. The smallest absolute Gasteiger partial charge is 0.410 e. The van der Waals surface area contributed by atoms with Crippen molar-refractivity contribution >= 4 is 29.1 Å². The summed E-state index contributed by atoms with van der Waals surface area (Å²) < 4.78 is 17.0. The lowest BCUT2D eigenvalue weighted by molar-refractivity contribution is 0.0997. The van der Waals surface area contributed by atoms with Crippen LogP contribution in [0.1, 0.15) is 19.8 Å². The van der Waals surface area contributed by atoms with E-state index in [2.05, 4.69) is 10.2 Å². The van der Waals surface area contributed by atoms with Crippen molar-refractivity contribution in [2.75, 3.05) is 38.2 Å². The third-order valence-corrected chi connectivity index (χ3v) is 6.06. The number of hydrogen-bond acceptors (Lipinski definition) is 5. The van der Waals surface area contributed by atoms with Gasteiger partial charge in [-0.2, -0.15) is 0 Å². The number of hydrogen-bond donors (Lipinski definition) is 1. The Hall–Kier alpha value is -3.00. The molecule has 0 bridgehead atoms. The predicted molar refractivity (Wildman–Crippen MR) is 127 cm³/mol. The van der Waals surface area contributed by atoms with E-state index in [9.17, 15) is 4.79 Å². The van der Waals surface area contributed by atoms with Crippen LogP contribution in [0, 0.1) is 0 Å². The van der Waals surface area contributed by atoms with Gasteiger partial charge in [0.05, 0.1) is 18.8 Å². The molecule has 0 aliphatic carbocycles. The maximum Gasteiger partial charge on any atom is 0.410 e. The summed E-state index contributed by atoms with van der Waals surface area (Å²) in [6.45, 7) is 5.03. The summed E-state index contributed by atoms with van der Waals surface area (Å²) in [6.07, 6.45) is 1.18. The minimum absolute atomic E-state index is 0.152. The standard InChI is InChI=1S/C24H29N3O4S/c1-2-29-22-11-7-6-10-21(22)25-23(32)26-14-12-18(13-15-26)27-16-20(31-24(27)28)17-30-19-8-4-3-5-9-19/h3-11,18,20H,2,12-17H2,1H3,(H,25,32). The highest BCUT2D eigenvalue weighted by atomic mass is 32.1. The largest absolute Gasteiger partial charge is 0.492 e. The lowest BCUT2D eigenvalue weighted by Gasteiger charge is -2.37. The molecule has 2 aromatic carbocycles. The third kappa shape index (κ3) is 5.43. The summed E-state index contributed by atoms with van der Waals surface area (Å²) in [5.41, 5.74) is 0.867. The van der Waals surface area contributed by atoms with Crippen LogP contribution in [0.5, 0.6) is 11.5 Å². The van der Waals surface area contributed by atoms with Gasteiger partial charge in [0.15, 0.2) is 11.2 Å². The minimum Gasteiger partial charge on any atom is -0.492 e. The average molecular weight is 456 g/mol. The van der Waals surface area contributed by atoms with Gasteiger partial charge in [-0.1, -0.05) is 30.3 Å². The molecule has 0 aromatic heterocycles. The number of thiocarbonyl (C=S) groups is 1. The van der Waals surface area contributed by atoms with Gasteiger partial charge >= 0.3 is 6.09 Å². The molecule has 0 saturated carbocycles. The minimum atomic E-state index is -0.253. The zero-order valence-electron chi connectivity index (χ0n) is 18.2. The second-order valence-corrected chi connectivity index (χ2v) is 8.25. The first-order valence-corrected chi connectivity index (χ1v) is 11.5. The monoisotopic (exact) mass is 455 g/mol. The summed E-state index contributed by atoms with van der Waals surface area (Å²) in [6, 6.07) is 17.5. The second-order valence-electron chi connectivity index (χ2n) is 7.86. The van der Waals surface area contributed by atoms with Crippen molar-refractivity contribution in [3.8, 4) is 11.5 Å². The number of anilines is 1. The highest BCUT2D eigenvalue weighted by Gasteiger charge is 2.38. The number of nitrogens with zero attached hydrogens (tertiary/aromatic N) is 2. The lowest BCUT2D eigenvalue weighted by atomic mass is 10.0. The van der Waals surface area contributed by atoms with E-state index < -0.39 is 0 Å². The van der Waals surface area contributed by atoms with Crippen LogP contribution < -0.4 is 14.8 Å². The molecule has 1 atom stereocenters. The molecule has 1 N–H and O–H groups in total. The zero-order chi connectivity index (χ0) is 22.3. The Balaban J connectivity index is 1.25. The van der Waals surface area contributed by atoms with Crippen LogP contribution in [0.25, 0.3) is 0 Å². The quantitative estimate of drug-likeness (QED) is 0.630. The lowest BCUT2D eigenvalue weighted by Crippen LogP contribution is -2.48. The Morgan fingerprint density at radius 2 is 1.81 bits per heavy atom. The molecular weight excluding hydrogens is 426 g/mol. The van der Waals surface area contributed by atoms with E-state index in [0.717, 1.165) is 43.1 Å². The molecule has 2 aliphatic rings. The number of ether oxygens (including phenoxy) is 3. The first kappa shape index (κ1) is 22.2. The number of cyclic esters (lactones) is 1. The van der Waals surface area contributed by atoms with Crippen molar-refractivity contribution in [2.24, 2.45) is 0 Å². The number of rotatable bonds is 7. The summed E-state index contributed by atoms with van der Waals surface area (Å²) in [5, 5.41) is 3.98. The topological polar surface area (TPSA) is 63.3 Å². The van der Waals surface area contributed by atoms with Crippen molar-refractivity contribution in [2.45, 2.75) is 31.9 Å². The average Bonchev–Trinajstić information content (AvgIpc) is 3.20. The van der Waals surface area contributed by atoms with E-state index >= 15 is 0 Å². The number of likely N-dealkylation sites (tertiary alicyclic amines) is 1. The first-order chi connectivity index (χ1) is 15.6. The van der Waals surface area contributed by atoms with Gasteiger partial charge < -0.3 is 29.3 Å². The summed E-state index contributed by atoms with van der Waals surface area (Å²) in [4.78, 5) is 16.4. The van der Waals surface area contributed by atoms with Crippen LogP contribution in [-0.4, -0.2) is 66.0 Å². The fraction of sp³-hybridized carbons (Fsp3) is 0.417. The molecule has 1 amide bonds. The van der Waals surface area contributed by atoms with Crippen molar-refractivity contribution in [1.29, 1.82) is 0 Å². The van der Waals surface area contributed by atoms with E-state index in [1.165, 1.54) is 0 Å². The molecule has 7 nitrogen and oxygen atoms in total. The molecular formula is C24H29N3O4S. The van der Waals surface area contributed by atoms with E-state index in [-0.39, 0.29) is 18.2 Å². The molecule has 0 radical (unpaired) electrons. The molecule has 170 valence electrons. The molecule has 1 unspecified atom stereocenters. The van der Waals surface area contributed by atoms with Crippen LogP contribution in [0.3, 0.4) is 0 Å². The molecule has 32 heavy (non-hydrogen) atoms. The molecule has 2 heterocycles. The summed E-state index contributed by atoms with van der Waals surface area (Å²) in [5.74, 6) is 1.57. The molecule has 2 saturated heterocycles. The maximum atomic E-state index is 12.4. The molecule has 2 aliphatic heterocycles. The fourth-order valence-electron chi connectivity index (χ4n) is 4.06. The highest BCUT2D eigenvalue weighted by molar-refractivity contribution is 7.80. The van der Waals surface area contributed by atoms with Gasteiger partial charge in [-0.3, -0.25) is 0 Å². The van der Waals surface area contributed by atoms with E-state index in [4.69, 9.17) is 26.4 Å². The van der Waals surface area contributed by atoms with Gasteiger partial charge in [0, 0.05) is 19.1 Å². The van der Waals surface area contributed by atoms with Crippen molar-refractivity contribution in [1.82, 2.24) is 9.80 Å². The van der Waals surface area contributed by atoms with Gasteiger partial charge in [0.2, 0.25) is 0 Å². The molecule has 8 heteroatoms. The van der Waals surface area contributed by atoms with Crippen LogP contribution in [0.4, 0.5) is 10.5 Å². The number of nitrogens with one attached hydrogen (secondary N) is 1. The van der Waals surface area contributed by atoms with Crippen molar-refractivity contribution in [3.05, 3.63) is 54.6 Å². The van der Waals surface area contributed by atoms with Crippen LogP contribution in [0.2, 0.25) is 0 Å².